The quantitative estimate of drug-likeness (QED) is 0.660. The van der Waals surface area contributed by atoms with Crippen LogP contribution in [0.2, 0.25) is 0 Å². The minimum atomic E-state index is -0.624. The summed E-state index contributed by atoms with van der Waals surface area (Å²) in [6.45, 7) is 13.1. The SMILES string of the molecule is CCCC(CCC)C(C)(C)OCCC(C)(C)O. The lowest BCUT2D eigenvalue weighted by atomic mass is 9.83. The molecule has 0 saturated carbocycles. The molecule has 0 bridgehead atoms. The van der Waals surface area contributed by atoms with Gasteiger partial charge >= 0.3 is 0 Å². The second-order valence-corrected chi connectivity index (χ2v) is 6.29. The molecule has 0 aromatic carbocycles. The minimum Gasteiger partial charge on any atom is -0.390 e. The molecule has 2 nitrogen and oxygen atoms in total. The number of ether oxygens (including phenoxy) is 1. The largest absolute Gasteiger partial charge is 0.390 e. The second-order valence-electron chi connectivity index (χ2n) is 6.29. The molecule has 0 radical (unpaired) electrons. The summed E-state index contributed by atoms with van der Waals surface area (Å²) in [4.78, 5) is 0. The third-order valence-electron chi connectivity index (χ3n) is 3.45. The standard InChI is InChI=1S/C15H32O2/c1-7-9-13(10-8-2)15(5,6)17-12-11-14(3,4)16/h13,16H,7-12H2,1-6H3. The van der Waals surface area contributed by atoms with Crippen LogP contribution in [0, 0.1) is 5.92 Å². The third kappa shape index (κ3) is 7.77. The molecule has 0 aromatic heterocycles. The number of hydrogen-bond donors (Lipinski definition) is 1. The Morgan fingerprint density at radius 2 is 1.47 bits per heavy atom. The molecule has 0 fully saturated rings. The van der Waals surface area contributed by atoms with Crippen LogP contribution in [-0.2, 0) is 4.74 Å². The number of aliphatic hydroxyl groups is 1. The van der Waals surface area contributed by atoms with Gasteiger partial charge in [-0.3, -0.25) is 0 Å². The molecule has 17 heavy (non-hydrogen) atoms. The number of hydrogen-bond acceptors (Lipinski definition) is 2. The van der Waals surface area contributed by atoms with Crippen LogP contribution in [0.4, 0.5) is 0 Å². The van der Waals surface area contributed by atoms with Crippen LogP contribution >= 0.6 is 0 Å². The highest BCUT2D eigenvalue weighted by Gasteiger charge is 2.29. The van der Waals surface area contributed by atoms with E-state index >= 15 is 0 Å². The summed E-state index contributed by atoms with van der Waals surface area (Å²) in [5, 5.41) is 9.68. The van der Waals surface area contributed by atoms with Crippen molar-refractivity contribution < 1.29 is 9.84 Å². The normalized spacial score (nSPS) is 13.4. The van der Waals surface area contributed by atoms with Crippen LogP contribution < -0.4 is 0 Å². The van der Waals surface area contributed by atoms with Crippen molar-refractivity contribution >= 4 is 0 Å². The summed E-state index contributed by atoms with van der Waals surface area (Å²) in [7, 11) is 0. The van der Waals surface area contributed by atoms with Crippen LogP contribution in [0.1, 0.15) is 73.6 Å². The van der Waals surface area contributed by atoms with Crippen LogP contribution in [-0.4, -0.2) is 22.9 Å². The summed E-state index contributed by atoms with van der Waals surface area (Å²) < 4.78 is 6.01. The van der Waals surface area contributed by atoms with E-state index in [1.165, 1.54) is 25.7 Å². The first-order chi connectivity index (χ1) is 7.73. The van der Waals surface area contributed by atoms with E-state index in [0.29, 0.717) is 18.9 Å². The first kappa shape index (κ1) is 16.9. The maximum absolute atomic E-state index is 9.68. The van der Waals surface area contributed by atoms with Gasteiger partial charge in [-0.05, 0) is 52.9 Å². The summed E-state index contributed by atoms with van der Waals surface area (Å²) in [5.74, 6) is 0.624. The molecule has 0 aromatic rings. The van der Waals surface area contributed by atoms with Crippen LogP contribution in [0.25, 0.3) is 0 Å². The molecule has 0 aliphatic rings. The summed E-state index contributed by atoms with van der Waals surface area (Å²) >= 11 is 0. The molecule has 104 valence electrons. The lowest BCUT2D eigenvalue weighted by Gasteiger charge is -2.35. The van der Waals surface area contributed by atoms with Gasteiger partial charge in [0.25, 0.3) is 0 Å². The monoisotopic (exact) mass is 244 g/mol. The van der Waals surface area contributed by atoms with Gasteiger partial charge < -0.3 is 9.84 Å². The topological polar surface area (TPSA) is 29.5 Å². The fourth-order valence-corrected chi connectivity index (χ4v) is 2.22. The molecule has 0 heterocycles. The first-order valence-electron chi connectivity index (χ1n) is 7.09. The van der Waals surface area contributed by atoms with E-state index in [4.69, 9.17) is 4.74 Å². The van der Waals surface area contributed by atoms with E-state index < -0.39 is 5.60 Å². The van der Waals surface area contributed by atoms with Crippen molar-refractivity contribution in [2.45, 2.75) is 84.8 Å². The predicted octanol–water partition coefficient (Wildman–Crippen LogP) is 4.16. The zero-order valence-electron chi connectivity index (χ0n) is 12.7. The highest BCUT2D eigenvalue weighted by Crippen LogP contribution is 2.30. The van der Waals surface area contributed by atoms with Gasteiger partial charge in [0.1, 0.15) is 0 Å². The molecule has 0 unspecified atom stereocenters. The van der Waals surface area contributed by atoms with E-state index in [9.17, 15) is 5.11 Å². The fraction of sp³-hybridized carbons (Fsp3) is 1.00. The molecule has 0 saturated heterocycles. The highest BCUT2D eigenvalue weighted by molar-refractivity contribution is 4.79. The Hall–Kier alpha value is -0.0800. The Labute approximate surface area is 108 Å². The Balaban J connectivity index is 4.21. The molecule has 0 aliphatic carbocycles. The van der Waals surface area contributed by atoms with Gasteiger partial charge in [-0.1, -0.05) is 26.7 Å². The van der Waals surface area contributed by atoms with Crippen molar-refractivity contribution in [2.24, 2.45) is 5.92 Å². The Morgan fingerprint density at radius 3 is 1.82 bits per heavy atom. The van der Waals surface area contributed by atoms with Crippen LogP contribution in [0.15, 0.2) is 0 Å². The molecule has 0 rings (SSSR count). The van der Waals surface area contributed by atoms with E-state index in [-0.39, 0.29) is 5.60 Å². The van der Waals surface area contributed by atoms with Crippen molar-refractivity contribution in [3.63, 3.8) is 0 Å². The van der Waals surface area contributed by atoms with Crippen molar-refractivity contribution in [2.75, 3.05) is 6.61 Å². The number of rotatable bonds is 9. The Morgan fingerprint density at radius 1 is 1.00 bits per heavy atom. The van der Waals surface area contributed by atoms with Gasteiger partial charge in [0, 0.05) is 0 Å². The van der Waals surface area contributed by atoms with Gasteiger partial charge in [0.2, 0.25) is 0 Å². The zero-order chi connectivity index (χ0) is 13.5. The molecule has 1 N–H and O–H groups in total. The predicted molar refractivity (Wildman–Crippen MR) is 74.3 cm³/mol. The van der Waals surface area contributed by atoms with Crippen molar-refractivity contribution in [1.29, 1.82) is 0 Å². The molecule has 0 atom stereocenters. The molecular weight excluding hydrogens is 212 g/mol. The van der Waals surface area contributed by atoms with Crippen molar-refractivity contribution in [1.82, 2.24) is 0 Å². The molecule has 0 spiro atoms. The Kier molecular flexibility index (Phi) is 7.34. The summed E-state index contributed by atoms with van der Waals surface area (Å²) in [6, 6.07) is 0. The third-order valence-corrected chi connectivity index (χ3v) is 3.45. The lowest BCUT2D eigenvalue weighted by Crippen LogP contribution is -2.36. The summed E-state index contributed by atoms with van der Waals surface area (Å²) in [5.41, 5.74) is -0.696. The van der Waals surface area contributed by atoms with E-state index in [1.54, 1.807) is 0 Å². The van der Waals surface area contributed by atoms with E-state index in [2.05, 4.69) is 27.7 Å². The average Bonchev–Trinajstić information content (AvgIpc) is 2.15. The minimum absolute atomic E-state index is 0.0722. The maximum atomic E-state index is 9.68. The molecule has 0 amide bonds. The molecule has 2 heteroatoms. The van der Waals surface area contributed by atoms with E-state index in [0.717, 1.165) is 0 Å². The first-order valence-corrected chi connectivity index (χ1v) is 7.09. The summed E-state index contributed by atoms with van der Waals surface area (Å²) in [6.07, 6.45) is 5.57. The maximum Gasteiger partial charge on any atom is 0.0654 e. The van der Waals surface area contributed by atoms with Gasteiger partial charge in [0.05, 0.1) is 17.8 Å². The Bertz CT molecular complexity index is 186. The highest BCUT2D eigenvalue weighted by atomic mass is 16.5. The van der Waals surface area contributed by atoms with Crippen molar-refractivity contribution in [3.05, 3.63) is 0 Å². The van der Waals surface area contributed by atoms with Crippen molar-refractivity contribution in [3.8, 4) is 0 Å². The van der Waals surface area contributed by atoms with Crippen LogP contribution in [0.3, 0.4) is 0 Å². The zero-order valence-corrected chi connectivity index (χ0v) is 12.7. The van der Waals surface area contributed by atoms with E-state index in [1.807, 2.05) is 13.8 Å². The van der Waals surface area contributed by atoms with Gasteiger partial charge in [-0.15, -0.1) is 0 Å². The average molecular weight is 244 g/mol. The van der Waals surface area contributed by atoms with Gasteiger partial charge in [0.15, 0.2) is 0 Å². The lowest BCUT2D eigenvalue weighted by molar-refractivity contribution is -0.0823. The van der Waals surface area contributed by atoms with Gasteiger partial charge in [-0.2, -0.15) is 0 Å². The second kappa shape index (κ2) is 7.38. The molecule has 0 aliphatic heterocycles. The van der Waals surface area contributed by atoms with Gasteiger partial charge in [-0.25, -0.2) is 0 Å². The molecular formula is C15H32O2. The van der Waals surface area contributed by atoms with Crippen LogP contribution in [0.5, 0.6) is 0 Å². The fourth-order valence-electron chi connectivity index (χ4n) is 2.22. The smallest absolute Gasteiger partial charge is 0.0654 e.